The molecule has 0 spiro atoms. The number of pyridine rings is 1. The highest BCUT2D eigenvalue weighted by molar-refractivity contribution is 7.99. The van der Waals surface area contributed by atoms with Crippen LogP contribution in [0.4, 0.5) is 0 Å². The van der Waals surface area contributed by atoms with Gasteiger partial charge in [0.1, 0.15) is 0 Å². The van der Waals surface area contributed by atoms with E-state index in [1.165, 1.54) is 0 Å². The number of nitrogens with one attached hydrogen (secondary N) is 1. The van der Waals surface area contributed by atoms with Crippen LogP contribution in [0.15, 0.2) is 53.9 Å². The maximum atomic E-state index is 12.3. The van der Waals surface area contributed by atoms with E-state index in [9.17, 15) is 4.79 Å². The molecule has 1 aromatic carbocycles. The first-order chi connectivity index (χ1) is 12.2. The van der Waals surface area contributed by atoms with E-state index in [0.29, 0.717) is 17.1 Å². The molecular formula is C18H15ClN4OS. The lowest BCUT2D eigenvalue weighted by Gasteiger charge is -2.10. The van der Waals surface area contributed by atoms with Gasteiger partial charge < -0.3 is 9.88 Å². The summed E-state index contributed by atoms with van der Waals surface area (Å²) >= 11 is 7.73. The average molecular weight is 371 g/mol. The van der Waals surface area contributed by atoms with Gasteiger partial charge in [-0.1, -0.05) is 35.5 Å². The van der Waals surface area contributed by atoms with Crippen LogP contribution in [0.3, 0.4) is 0 Å². The van der Waals surface area contributed by atoms with Gasteiger partial charge in [0.15, 0.2) is 5.16 Å². The number of carbonyl (C=O) groups excluding carboxylic acids is 1. The maximum Gasteiger partial charge on any atom is 0.253 e. The predicted molar refractivity (Wildman–Crippen MR) is 98.8 cm³/mol. The van der Waals surface area contributed by atoms with Crippen LogP contribution in [0.25, 0.3) is 11.3 Å². The van der Waals surface area contributed by atoms with E-state index in [2.05, 4.69) is 14.9 Å². The summed E-state index contributed by atoms with van der Waals surface area (Å²) in [5.74, 6) is 0.864. The lowest BCUT2D eigenvalue weighted by molar-refractivity contribution is 0.0949. The Hall–Kier alpha value is -2.31. The fourth-order valence-electron chi connectivity index (χ4n) is 2.81. The van der Waals surface area contributed by atoms with Crippen molar-refractivity contribution in [3.8, 4) is 11.3 Å². The van der Waals surface area contributed by atoms with E-state index in [1.807, 2.05) is 24.3 Å². The van der Waals surface area contributed by atoms with Crippen molar-refractivity contribution in [2.24, 2.45) is 0 Å². The lowest BCUT2D eigenvalue weighted by Crippen LogP contribution is -2.24. The number of hydrogen-bond acceptors (Lipinski definition) is 4. The number of carbonyl (C=O) groups is 1. The fourth-order valence-corrected chi connectivity index (χ4v) is 3.91. The summed E-state index contributed by atoms with van der Waals surface area (Å²) in [5.41, 5.74) is 3.45. The number of halogens is 1. The molecule has 1 aliphatic heterocycles. The Labute approximate surface area is 154 Å². The maximum absolute atomic E-state index is 12.3. The zero-order chi connectivity index (χ0) is 17.2. The van der Waals surface area contributed by atoms with E-state index < -0.39 is 0 Å². The van der Waals surface area contributed by atoms with E-state index in [1.54, 1.807) is 36.3 Å². The van der Waals surface area contributed by atoms with Gasteiger partial charge in [-0.05, 0) is 24.3 Å². The van der Waals surface area contributed by atoms with Crippen LogP contribution in [0.2, 0.25) is 5.02 Å². The van der Waals surface area contributed by atoms with Crippen LogP contribution in [0.5, 0.6) is 0 Å². The summed E-state index contributed by atoms with van der Waals surface area (Å²) in [6, 6.07) is 11.1. The predicted octanol–water partition coefficient (Wildman–Crippen LogP) is 3.63. The number of fused-ring (bicyclic) bond motifs is 1. The van der Waals surface area contributed by atoms with Crippen molar-refractivity contribution < 1.29 is 4.79 Å². The summed E-state index contributed by atoms with van der Waals surface area (Å²) in [6.07, 6.45) is 3.21. The molecule has 5 nitrogen and oxygen atoms in total. The highest BCUT2D eigenvalue weighted by atomic mass is 35.5. The van der Waals surface area contributed by atoms with Crippen molar-refractivity contribution >= 4 is 29.3 Å². The molecule has 0 unspecified atom stereocenters. The number of thioether (sulfide) groups is 1. The molecule has 7 heteroatoms. The van der Waals surface area contributed by atoms with Gasteiger partial charge in [0, 0.05) is 35.3 Å². The second-order valence-corrected chi connectivity index (χ2v) is 7.12. The number of hydrogen-bond donors (Lipinski definition) is 1. The lowest BCUT2D eigenvalue weighted by atomic mass is 10.1. The number of amides is 1. The molecule has 0 atom stereocenters. The van der Waals surface area contributed by atoms with E-state index in [-0.39, 0.29) is 5.91 Å². The number of benzene rings is 1. The van der Waals surface area contributed by atoms with Crippen LogP contribution < -0.4 is 5.32 Å². The summed E-state index contributed by atoms with van der Waals surface area (Å²) in [7, 11) is 0. The summed E-state index contributed by atoms with van der Waals surface area (Å²) in [6.45, 7) is 1.32. The van der Waals surface area contributed by atoms with Crippen molar-refractivity contribution in [2.45, 2.75) is 18.2 Å². The number of rotatable bonds is 4. The molecule has 0 aliphatic carbocycles. The molecule has 3 heterocycles. The Kier molecular flexibility index (Phi) is 4.46. The molecule has 4 rings (SSSR count). The third kappa shape index (κ3) is 3.27. The minimum Gasteiger partial charge on any atom is -0.346 e. The zero-order valence-corrected chi connectivity index (χ0v) is 14.8. The fraction of sp³-hybridized carbons (Fsp3) is 0.167. The van der Waals surface area contributed by atoms with Crippen molar-refractivity contribution in [1.29, 1.82) is 0 Å². The SMILES string of the molecule is O=C(NCc1c(-c2ccc(Cl)cc2)nc2n1CCS2)c1cccnc1. The van der Waals surface area contributed by atoms with Crippen LogP contribution in [0.1, 0.15) is 16.1 Å². The third-order valence-electron chi connectivity index (χ3n) is 4.04. The van der Waals surface area contributed by atoms with Gasteiger partial charge in [-0.15, -0.1) is 0 Å². The summed E-state index contributed by atoms with van der Waals surface area (Å²) in [5, 5.41) is 4.66. The van der Waals surface area contributed by atoms with E-state index >= 15 is 0 Å². The van der Waals surface area contributed by atoms with E-state index in [4.69, 9.17) is 16.6 Å². The Morgan fingerprint density at radius 1 is 1.28 bits per heavy atom. The van der Waals surface area contributed by atoms with Crippen molar-refractivity contribution in [3.05, 3.63) is 65.1 Å². The molecule has 0 bridgehead atoms. The molecule has 1 amide bonds. The minimum absolute atomic E-state index is 0.142. The molecule has 0 fully saturated rings. The molecule has 2 aromatic heterocycles. The Morgan fingerprint density at radius 2 is 2.12 bits per heavy atom. The number of nitrogens with zero attached hydrogens (tertiary/aromatic N) is 3. The van der Waals surface area contributed by atoms with Gasteiger partial charge in [0.05, 0.1) is 23.5 Å². The first-order valence-corrected chi connectivity index (χ1v) is 9.25. The standard InChI is InChI=1S/C18H15ClN4OS/c19-14-5-3-12(4-6-14)16-15(23-8-9-25-18(23)22-16)11-21-17(24)13-2-1-7-20-10-13/h1-7,10H,8-9,11H2,(H,21,24). The number of aromatic nitrogens is 3. The quantitative estimate of drug-likeness (QED) is 0.761. The Bertz CT molecular complexity index is 909. The minimum atomic E-state index is -0.142. The molecule has 1 N–H and O–H groups in total. The molecular weight excluding hydrogens is 356 g/mol. The topological polar surface area (TPSA) is 59.8 Å². The van der Waals surface area contributed by atoms with Crippen LogP contribution in [-0.2, 0) is 13.1 Å². The largest absolute Gasteiger partial charge is 0.346 e. The molecule has 0 saturated heterocycles. The van der Waals surface area contributed by atoms with Crippen LogP contribution in [-0.4, -0.2) is 26.2 Å². The molecule has 3 aromatic rings. The van der Waals surface area contributed by atoms with E-state index in [0.717, 1.165) is 34.4 Å². The van der Waals surface area contributed by atoms with Crippen LogP contribution in [0, 0.1) is 0 Å². The second kappa shape index (κ2) is 6.90. The normalized spacial score (nSPS) is 12.8. The van der Waals surface area contributed by atoms with Gasteiger partial charge in [-0.3, -0.25) is 9.78 Å². The van der Waals surface area contributed by atoms with Crippen molar-refractivity contribution in [1.82, 2.24) is 19.9 Å². The Balaban J connectivity index is 1.62. The smallest absolute Gasteiger partial charge is 0.253 e. The van der Waals surface area contributed by atoms with Gasteiger partial charge in [0.25, 0.3) is 5.91 Å². The summed E-state index contributed by atoms with van der Waals surface area (Å²) in [4.78, 5) is 21.1. The molecule has 0 radical (unpaired) electrons. The number of imidazole rings is 1. The first kappa shape index (κ1) is 16.2. The van der Waals surface area contributed by atoms with Crippen molar-refractivity contribution in [2.75, 3.05) is 5.75 Å². The zero-order valence-electron chi connectivity index (χ0n) is 13.3. The highest BCUT2D eigenvalue weighted by Gasteiger charge is 2.23. The van der Waals surface area contributed by atoms with Gasteiger partial charge in [0.2, 0.25) is 0 Å². The van der Waals surface area contributed by atoms with Gasteiger partial charge in [-0.25, -0.2) is 4.98 Å². The van der Waals surface area contributed by atoms with Crippen LogP contribution >= 0.6 is 23.4 Å². The summed E-state index contributed by atoms with van der Waals surface area (Å²) < 4.78 is 2.18. The second-order valence-electron chi connectivity index (χ2n) is 5.62. The molecule has 25 heavy (non-hydrogen) atoms. The molecule has 1 aliphatic rings. The third-order valence-corrected chi connectivity index (χ3v) is 5.25. The van der Waals surface area contributed by atoms with Crippen molar-refractivity contribution in [3.63, 3.8) is 0 Å². The van der Waals surface area contributed by atoms with Gasteiger partial charge >= 0.3 is 0 Å². The highest BCUT2D eigenvalue weighted by Crippen LogP contribution is 2.33. The molecule has 126 valence electrons. The first-order valence-electron chi connectivity index (χ1n) is 7.89. The monoisotopic (exact) mass is 370 g/mol. The average Bonchev–Trinajstić information content (AvgIpc) is 3.23. The Morgan fingerprint density at radius 3 is 2.88 bits per heavy atom. The van der Waals surface area contributed by atoms with Gasteiger partial charge in [-0.2, -0.15) is 0 Å². The molecule has 0 saturated carbocycles.